The van der Waals surface area contributed by atoms with E-state index in [9.17, 15) is 4.39 Å². The van der Waals surface area contributed by atoms with Crippen LogP contribution in [0.15, 0.2) is 0 Å². The van der Waals surface area contributed by atoms with Gasteiger partial charge < -0.3 is 0 Å². The normalized spacial score (nSPS) is 28.2. The molecular formula is C10H16FN3S. The molecule has 2 heterocycles. The van der Waals surface area contributed by atoms with Crippen molar-refractivity contribution in [3.63, 3.8) is 0 Å². The number of nitrogens with zero attached hydrogens (tertiary/aromatic N) is 3. The average molecular weight is 229 g/mol. The minimum Gasteiger partial charge on any atom is -0.293 e. The number of aromatic nitrogens is 2. The SMILES string of the molecule is Cc1nnc(CN2CCCC(C)(F)C2)s1. The summed E-state index contributed by atoms with van der Waals surface area (Å²) in [5.74, 6) is 0. The van der Waals surface area contributed by atoms with E-state index in [-0.39, 0.29) is 0 Å². The van der Waals surface area contributed by atoms with Crippen LogP contribution in [0.3, 0.4) is 0 Å². The van der Waals surface area contributed by atoms with Gasteiger partial charge >= 0.3 is 0 Å². The second kappa shape index (κ2) is 4.14. The number of aryl methyl sites for hydroxylation is 1. The fourth-order valence-corrected chi connectivity index (χ4v) is 2.77. The number of halogens is 1. The first kappa shape index (κ1) is 11.0. The van der Waals surface area contributed by atoms with Crippen molar-refractivity contribution in [3.05, 3.63) is 10.0 Å². The topological polar surface area (TPSA) is 29.0 Å². The molecule has 1 aliphatic rings. The van der Waals surface area contributed by atoms with Crippen LogP contribution in [0.1, 0.15) is 29.8 Å². The van der Waals surface area contributed by atoms with E-state index in [1.165, 1.54) is 0 Å². The maximum Gasteiger partial charge on any atom is 0.131 e. The number of alkyl halides is 1. The first-order valence-corrected chi connectivity index (χ1v) is 6.07. The molecule has 1 fully saturated rings. The van der Waals surface area contributed by atoms with E-state index >= 15 is 0 Å². The van der Waals surface area contributed by atoms with E-state index in [0.29, 0.717) is 13.0 Å². The van der Waals surface area contributed by atoms with Gasteiger partial charge in [-0.25, -0.2) is 4.39 Å². The predicted molar refractivity (Wildman–Crippen MR) is 58.7 cm³/mol. The van der Waals surface area contributed by atoms with E-state index in [0.717, 1.165) is 29.5 Å². The Morgan fingerprint density at radius 3 is 2.93 bits per heavy atom. The lowest BCUT2D eigenvalue weighted by Crippen LogP contribution is -2.42. The van der Waals surface area contributed by atoms with Gasteiger partial charge in [-0.2, -0.15) is 0 Å². The van der Waals surface area contributed by atoms with Crippen LogP contribution in [0.5, 0.6) is 0 Å². The first-order valence-electron chi connectivity index (χ1n) is 5.25. The maximum atomic E-state index is 13.8. The van der Waals surface area contributed by atoms with Gasteiger partial charge in [0.25, 0.3) is 0 Å². The van der Waals surface area contributed by atoms with Crippen molar-refractivity contribution in [2.24, 2.45) is 0 Å². The molecule has 3 nitrogen and oxygen atoms in total. The summed E-state index contributed by atoms with van der Waals surface area (Å²) in [6, 6.07) is 0. The van der Waals surface area contributed by atoms with Crippen molar-refractivity contribution in [1.29, 1.82) is 0 Å². The van der Waals surface area contributed by atoms with Crippen molar-refractivity contribution in [3.8, 4) is 0 Å². The highest BCUT2D eigenvalue weighted by Crippen LogP contribution is 2.25. The quantitative estimate of drug-likeness (QED) is 0.778. The lowest BCUT2D eigenvalue weighted by Gasteiger charge is -2.34. The van der Waals surface area contributed by atoms with Gasteiger partial charge in [0.15, 0.2) is 0 Å². The van der Waals surface area contributed by atoms with E-state index in [1.807, 2.05) is 6.92 Å². The second-order valence-electron chi connectivity index (χ2n) is 4.44. The van der Waals surface area contributed by atoms with Crippen LogP contribution >= 0.6 is 11.3 Å². The Labute approximate surface area is 93.3 Å². The van der Waals surface area contributed by atoms with Crippen molar-refractivity contribution in [2.45, 2.75) is 38.9 Å². The molecule has 0 aliphatic carbocycles. The van der Waals surface area contributed by atoms with E-state index < -0.39 is 5.67 Å². The van der Waals surface area contributed by atoms with Gasteiger partial charge in [-0.05, 0) is 33.2 Å². The van der Waals surface area contributed by atoms with Crippen LogP contribution in [-0.4, -0.2) is 33.9 Å². The molecule has 1 saturated heterocycles. The molecule has 1 unspecified atom stereocenters. The van der Waals surface area contributed by atoms with Crippen molar-refractivity contribution >= 4 is 11.3 Å². The van der Waals surface area contributed by atoms with Crippen LogP contribution in [-0.2, 0) is 6.54 Å². The van der Waals surface area contributed by atoms with Crippen LogP contribution < -0.4 is 0 Å². The standard InChI is InChI=1S/C10H16FN3S/c1-8-12-13-9(15-8)6-14-5-3-4-10(2,11)7-14/h3-7H2,1-2H3. The van der Waals surface area contributed by atoms with E-state index in [2.05, 4.69) is 15.1 Å². The molecular weight excluding hydrogens is 213 g/mol. The third kappa shape index (κ3) is 2.95. The predicted octanol–water partition coefficient (Wildman–Crippen LogP) is 2.17. The van der Waals surface area contributed by atoms with Crippen LogP contribution in [0.25, 0.3) is 0 Å². The lowest BCUT2D eigenvalue weighted by molar-refractivity contribution is 0.0562. The molecule has 1 atom stereocenters. The van der Waals surface area contributed by atoms with Crippen LogP contribution in [0.4, 0.5) is 4.39 Å². The lowest BCUT2D eigenvalue weighted by atomic mass is 9.97. The van der Waals surface area contributed by atoms with Gasteiger partial charge in [0.2, 0.25) is 0 Å². The molecule has 15 heavy (non-hydrogen) atoms. The zero-order valence-corrected chi connectivity index (χ0v) is 9.98. The summed E-state index contributed by atoms with van der Waals surface area (Å²) in [4.78, 5) is 2.13. The van der Waals surface area contributed by atoms with Crippen molar-refractivity contribution in [1.82, 2.24) is 15.1 Å². The number of hydrogen-bond acceptors (Lipinski definition) is 4. The molecule has 2 rings (SSSR count). The Hall–Kier alpha value is -0.550. The summed E-state index contributed by atoms with van der Waals surface area (Å²) < 4.78 is 13.8. The minimum atomic E-state index is -1.03. The van der Waals surface area contributed by atoms with Crippen molar-refractivity contribution < 1.29 is 4.39 Å². The smallest absolute Gasteiger partial charge is 0.131 e. The summed E-state index contributed by atoms with van der Waals surface area (Å²) in [7, 11) is 0. The summed E-state index contributed by atoms with van der Waals surface area (Å²) in [6.07, 6.45) is 1.61. The Kier molecular flexibility index (Phi) is 3.02. The number of likely N-dealkylation sites (tertiary alicyclic amines) is 1. The second-order valence-corrected chi connectivity index (χ2v) is 5.71. The largest absolute Gasteiger partial charge is 0.293 e. The van der Waals surface area contributed by atoms with E-state index in [4.69, 9.17) is 0 Å². The summed E-state index contributed by atoms with van der Waals surface area (Å²) >= 11 is 1.60. The molecule has 1 aliphatic heterocycles. The zero-order chi connectivity index (χ0) is 10.9. The Morgan fingerprint density at radius 1 is 1.53 bits per heavy atom. The molecule has 0 aromatic carbocycles. The van der Waals surface area contributed by atoms with Gasteiger partial charge in [0.1, 0.15) is 15.7 Å². The van der Waals surface area contributed by atoms with Crippen molar-refractivity contribution in [2.75, 3.05) is 13.1 Å². The van der Waals surface area contributed by atoms with E-state index in [1.54, 1.807) is 18.3 Å². The molecule has 84 valence electrons. The molecule has 0 bridgehead atoms. The van der Waals surface area contributed by atoms with Crippen LogP contribution in [0.2, 0.25) is 0 Å². The Balaban J connectivity index is 1.95. The Bertz CT molecular complexity index is 337. The van der Waals surface area contributed by atoms with Crippen LogP contribution in [0, 0.1) is 6.92 Å². The van der Waals surface area contributed by atoms with Gasteiger partial charge in [-0.15, -0.1) is 21.5 Å². The first-order chi connectivity index (χ1) is 7.05. The molecule has 1 aromatic heterocycles. The fourth-order valence-electron chi connectivity index (χ4n) is 2.02. The Morgan fingerprint density at radius 2 is 2.33 bits per heavy atom. The number of hydrogen-bond donors (Lipinski definition) is 0. The summed E-state index contributed by atoms with van der Waals surface area (Å²) in [5, 5.41) is 10.00. The monoisotopic (exact) mass is 229 g/mol. The molecule has 0 N–H and O–H groups in total. The number of piperidine rings is 1. The third-order valence-corrected chi connectivity index (χ3v) is 3.48. The fraction of sp³-hybridized carbons (Fsp3) is 0.800. The minimum absolute atomic E-state index is 0.519. The summed E-state index contributed by atoms with van der Waals surface area (Å²) in [6.45, 7) is 5.86. The molecule has 1 aromatic rings. The molecule has 5 heteroatoms. The summed E-state index contributed by atoms with van der Waals surface area (Å²) in [5.41, 5.74) is -1.03. The highest BCUT2D eigenvalue weighted by Gasteiger charge is 2.30. The van der Waals surface area contributed by atoms with Gasteiger partial charge in [0.05, 0.1) is 6.54 Å². The molecule has 0 saturated carbocycles. The molecule has 0 radical (unpaired) electrons. The average Bonchev–Trinajstić information content (AvgIpc) is 2.49. The molecule has 0 spiro atoms. The molecule has 0 amide bonds. The maximum absolute atomic E-state index is 13.8. The third-order valence-electron chi connectivity index (χ3n) is 2.65. The highest BCUT2D eigenvalue weighted by atomic mass is 32.1. The number of rotatable bonds is 2. The highest BCUT2D eigenvalue weighted by molar-refractivity contribution is 7.11. The van der Waals surface area contributed by atoms with Gasteiger partial charge in [0, 0.05) is 6.54 Å². The van der Waals surface area contributed by atoms with Gasteiger partial charge in [-0.1, -0.05) is 0 Å². The van der Waals surface area contributed by atoms with Gasteiger partial charge in [-0.3, -0.25) is 4.90 Å². The zero-order valence-electron chi connectivity index (χ0n) is 9.16.